The number of rotatable bonds is 4. The summed E-state index contributed by atoms with van der Waals surface area (Å²) in [4.78, 5) is 14.3. The number of carbonyl (C=O) groups excluding carboxylic acids is 1. The zero-order chi connectivity index (χ0) is 12.3. The van der Waals surface area contributed by atoms with E-state index in [1.165, 1.54) is 11.3 Å². The molecule has 0 saturated carbocycles. The first-order valence-electron chi connectivity index (χ1n) is 6.58. The van der Waals surface area contributed by atoms with E-state index in [9.17, 15) is 4.79 Å². The van der Waals surface area contributed by atoms with Gasteiger partial charge in [0.1, 0.15) is 0 Å². The van der Waals surface area contributed by atoms with E-state index in [0.29, 0.717) is 12.3 Å². The molecule has 0 aliphatic carbocycles. The Hall–Kier alpha value is -1.31. The summed E-state index contributed by atoms with van der Waals surface area (Å²) in [5, 5.41) is 0. The summed E-state index contributed by atoms with van der Waals surface area (Å²) in [6.07, 6.45) is 3.24. The van der Waals surface area contributed by atoms with Crippen molar-refractivity contribution in [2.45, 2.75) is 33.1 Å². The van der Waals surface area contributed by atoms with Crippen molar-refractivity contribution < 1.29 is 4.79 Å². The molecule has 0 spiro atoms. The van der Waals surface area contributed by atoms with Crippen molar-refractivity contribution >= 4 is 11.5 Å². The summed E-state index contributed by atoms with van der Waals surface area (Å²) in [7, 11) is 0. The van der Waals surface area contributed by atoms with Crippen LogP contribution in [0.1, 0.15) is 32.3 Å². The SMILES string of the molecule is CCC(C)C(=O)CN1CCCc2ccccc21. The average molecular weight is 231 g/mol. The van der Waals surface area contributed by atoms with Crippen LogP contribution in [-0.4, -0.2) is 18.9 Å². The van der Waals surface area contributed by atoms with Gasteiger partial charge in [0.25, 0.3) is 0 Å². The fraction of sp³-hybridized carbons (Fsp3) is 0.533. The number of Topliss-reactive ketones (excluding diaryl/α,β-unsaturated/α-hetero) is 1. The summed E-state index contributed by atoms with van der Waals surface area (Å²) >= 11 is 0. The number of nitrogens with zero attached hydrogens (tertiary/aromatic N) is 1. The number of anilines is 1. The van der Waals surface area contributed by atoms with Gasteiger partial charge in [0, 0.05) is 18.2 Å². The van der Waals surface area contributed by atoms with Gasteiger partial charge < -0.3 is 4.90 Å². The maximum absolute atomic E-state index is 12.0. The highest BCUT2D eigenvalue weighted by atomic mass is 16.1. The minimum absolute atomic E-state index is 0.184. The molecule has 1 aliphatic rings. The van der Waals surface area contributed by atoms with E-state index in [1.807, 2.05) is 6.92 Å². The first-order valence-corrected chi connectivity index (χ1v) is 6.58. The van der Waals surface area contributed by atoms with Crippen LogP contribution < -0.4 is 4.90 Å². The predicted molar refractivity (Wildman–Crippen MR) is 71.4 cm³/mol. The Kier molecular flexibility index (Phi) is 3.82. The molecular weight excluding hydrogens is 210 g/mol. The fourth-order valence-corrected chi connectivity index (χ4v) is 2.35. The van der Waals surface area contributed by atoms with Gasteiger partial charge in [0.05, 0.1) is 6.54 Å². The molecule has 0 amide bonds. The van der Waals surface area contributed by atoms with Crippen molar-refractivity contribution in [2.75, 3.05) is 18.0 Å². The maximum Gasteiger partial charge on any atom is 0.154 e. The van der Waals surface area contributed by atoms with E-state index in [0.717, 1.165) is 25.8 Å². The molecular formula is C15H21NO. The summed E-state index contributed by atoms with van der Waals surface area (Å²) < 4.78 is 0. The summed E-state index contributed by atoms with van der Waals surface area (Å²) in [6.45, 7) is 5.69. The Balaban J connectivity index is 2.11. The lowest BCUT2D eigenvalue weighted by Crippen LogP contribution is -2.36. The second-order valence-corrected chi connectivity index (χ2v) is 4.93. The van der Waals surface area contributed by atoms with E-state index in [1.54, 1.807) is 0 Å². The standard InChI is InChI=1S/C15H21NO/c1-3-12(2)15(17)11-16-10-6-8-13-7-4-5-9-14(13)16/h4-5,7,9,12H,3,6,8,10-11H2,1-2H3. The lowest BCUT2D eigenvalue weighted by Gasteiger charge is -2.31. The van der Waals surface area contributed by atoms with Gasteiger partial charge in [-0.3, -0.25) is 4.79 Å². The average Bonchev–Trinajstić information content (AvgIpc) is 2.38. The molecule has 1 aromatic rings. The number of para-hydroxylation sites is 1. The summed E-state index contributed by atoms with van der Waals surface area (Å²) in [5.74, 6) is 0.549. The Morgan fingerprint density at radius 2 is 2.18 bits per heavy atom. The Bertz CT molecular complexity index is 400. The van der Waals surface area contributed by atoms with Crippen LogP contribution in [0.15, 0.2) is 24.3 Å². The summed E-state index contributed by atoms with van der Waals surface area (Å²) in [5.41, 5.74) is 2.64. The monoisotopic (exact) mass is 231 g/mol. The normalized spacial score (nSPS) is 16.5. The van der Waals surface area contributed by atoms with Gasteiger partial charge in [-0.15, -0.1) is 0 Å². The van der Waals surface area contributed by atoms with Crippen molar-refractivity contribution in [1.82, 2.24) is 0 Å². The quantitative estimate of drug-likeness (QED) is 0.793. The maximum atomic E-state index is 12.0. The summed E-state index contributed by atoms with van der Waals surface area (Å²) in [6, 6.07) is 8.46. The zero-order valence-electron chi connectivity index (χ0n) is 10.8. The van der Waals surface area contributed by atoms with Crippen LogP contribution in [-0.2, 0) is 11.2 Å². The second kappa shape index (κ2) is 5.35. The van der Waals surface area contributed by atoms with E-state index >= 15 is 0 Å². The van der Waals surface area contributed by atoms with Gasteiger partial charge in [0.2, 0.25) is 0 Å². The van der Waals surface area contributed by atoms with Gasteiger partial charge in [-0.2, -0.15) is 0 Å². The van der Waals surface area contributed by atoms with Crippen LogP contribution in [0.25, 0.3) is 0 Å². The van der Waals surface area contributed by atoms with Crippen LogP contribution in [0.2, 0.25) is 0 Å². The minimum Gasteiger partial charge on any atom is -0.364 e. The van der Waals surface area contributed by atoms with Crippen LogP contribution in [0.3, 0.4) is 0 Å². The van der Waals surface area contributed by atoms with E-state index < -0.39 is 0 Å². The minimum atomic E-state index is 0.184. The molecule has 1 heterocycles. The number of aryl methyl sites for hydroxylation is 1. The fourth-order valence-electron chi connectivity index (χ4n) is 2.35. The Labute approximate surface area is 104 Å². The largest absolute Gasteiger partial charge is 0.364 e. The Morgan fingerprint density at radius 1 is 1.41 bits per heavy atom. The molecule has 0 bridgehead atoms. The Morgan fingerprint density at radius 3 is 2.94 bits per heavy atom. The molecule has 2 heteroatoms. The lowest BCUT2D eigenvalue weighted by molar-refractivity contribution is -0.121. The van der Waals surface area contributed by atoms with Crippen molar-refractivity contribution in [2.24, 2.45) is 5.92 Å². The molecule has 0 aromatic heterocycles. The second-order valence-electron chi connectivity index (χ2n) is 4.93. The number of fused-ring (bicyclic) bond motifs is 1. The number of ketones is 1. The number of benzene rings is 1. The molecule has 1 unspecified atom stereocenters. The highest BCUT2D eigenvalue weighted by Gasteiger charge is 2.20. The number of carbonyl (C=O) groups is 1. The molecule has 92 valence electrons. The van der Waals surface area contributed by atoms with Crippen molar-refractivity contribution in [3.8, 4) is 0 Å². The molecule has 0 radical (unpaired) electrons. The highest BCUT2D eigenvalue weighted by Crippen LogP contribution is 2.26. The topological polar surface area (TPSA) is 20.3 Å². The third kappa shape index (κ3) is 2.68. The number of hydrogen-bond acceptors (Lipinski definition) is 2. The molecule has 0 fully saturated rings. The smallest absolute Gasteiger partial charge is 0.154 e. The van der Waals surface area contributed by atoms with Crippen molar-refractivity contribution in [1.29, 1.82) is 0 Å². The number of hydrogen-bond donors (Lipinski definition) is 0. The first kappa shape index (κ1) is 12.2. The van der Waals surface area contributed by atoms with E-state index in [4.69, 9.17) is 0 Å². The molecule has 1 aliphatic heterocycles. The van der Waals surface area contributed by atoms with Gasteiger partial charge in [0.15, 0.2) is 5.78 Å². The predicted octanol–water partition coefficient (Wildman–Crippen LogP) is 3.05. The van der Waals surface area contributed by atoms with Gasteiger partial charge in [-0.1, -0.05) is 32.0 Å². The van der Waals surface area contributed by atoms with Crippen LogP contribution in [0, 0.1) is 5.92 Å². The molecule has 1 aromatic carbocycles. The molecule has 0 N–H and O–H groups in total. The van der Waals surface area contributed by atoms with Crippen LogP contribution >= 0.6 is 0 Å². The molecule has 0 saturated heterocycles. The van der Waals surface area contributed by atoms with Crippen molar-refractivity contribution in [3.05, 3.63) is 29.8 Å². The molecule has 17 heavy (non-hydrogen) atoms. The van der Waals surface area contributed by atoms with Crippen molar-refractivity contribution in [3.63, 3.8) is 0 Å². The van der Waals surface area contributed by atoms with Crippen LogP contribution in [0.4, 0.5) is 5.69 Å². The van der Waals surface area contributed by atoms with E-state index in [2.05, 4.69) is 36.1 Å². The molecule has 1 atom stereocenters. The molecule has 2 nitrogen and oxygen atoms in total. The van der Waals surface area contributed by atoms with E-state index in [-0.39, 0.29) is 5.92 Å². The first-order chi connectivity index (χ1) is 8.22. The van der Waals surface area contributed by atoms with Gasteiger partial charge >= 0.3 is 0 Å². The lowest BCUT2D eigenvalue weighted by atomic mass is 9.99. The third-order valence-corrected chi connectivity index (χ3v) is 3.72. The third-order valence-electron chi connectivity index (χ3n) is 3.72. The van der Waals surface area contributed by atoms with Gasteiger partial charge in [-0.25, -0.2) is 0 Å². The molecule has 2 rings (SSSR count). The van der Waals surface area contributed by atoms with Crippen LogP contribution in [0.5, 0.6) is 0 Å². The zero-order valence-corrected chi connectivity index (χ0v) is 10.8. The highest BCUT2D eigenvalue weighted by molar-refractivity contribution is 5.85. The van der Waals surface area contributed by atoms with Gasteiger partial charge in [-0.05, 0) is 30.9 Å².